The highest BCUT2D eigenvalue weighted by molar-refractivity contribution is 5.64. The van der Waals surface area contributed by atoms with Gasteiger partial charge in [-0.15, -0.1) is 0 Å². The molecule has 0 saturated heterocycles. The van der Waals surface area contributed by atoms with Gasteiger partial charge in [0.25, 0.3) is 0 Å². The fourth-order valence-corrected chi connectivity index (χ4v) is 3.41. The Hall–Kier alpha value is -3.15. The van der Waals surface area contributed by atoms with E-state index in [2.05, 4.69) is 42.5 Å². The lowest BCUT2D eigenvalue weighted by molar-refractivity contribution is -0.0979. The molecule has 0 radical (unpaired) electrons. The van der Waals surface area contributed by atoms with Crippen LogP contribution in [0.25, 0.3) is 11.1 Å². The number of ether oxygens (including phenoxy) is 1. The topological polar surface area (TPSA) is 98.6 Å². The van der Waals surface area contributed by atoms with Crippen LogP contribution >= 0.6 is 0 Å². The Morgan fingerprint density at radius 3 is 2.17 bits per heavy atom. The maximum Gasteiger partial charge on any atom is 0.118 e. The Balaban J connectivity index is 0.000000204. The van der Waals surface area contributed by atoms with Crippen molar-refractivity contribution in [3.05, 3.63) is 83.4 Å². The van der Waals surface area contributed by atoms with Crippen molar-refractivity contribution in [1.82, 2.24) is 0 Å². The first-order valence-corrected chi connectivity index (χ1v) is 9.87. The zero-order valence-corrected chi connectivity index (χ0v) is 17.4. The zero-order valence-electron chi connectivity index (χ0n) is 17.4. The number of aliphatic hydroxyl groups excluding tert-OH is 1. The molecule has 5 N–H and O–H groups in total. The van der Waals surface area contributed by atoms with Crippen molar-refractivity contribution < 1.29 is 14.6 Å². The molecule has 0 spiro atoms. The molecule has 30 heavy (non-hydrogen) atoms. The first-order valence-electron chi connectivity index (χ1n) is 9.87. The number of aryl methyl sites for hydroxylation is 1. The third-order valence-corrected chi connectivity index (χ3v) is 5.11. The van der Waals surface area contributed by atoms with Crippen molar-refractivity contribution in [2.75, 3.05) is 12.8 Å². The molecule has 0 aliphatic heterocycles. The molecular weight excluding hydrogens is 376 g/mol. The van der Waals surface area contributed by atoms with Crippen LogP contribution in [0.1, 0.15) is 23.1 Å². The molecule has 0 bridgehead atoms. The molecule has 4 rings (SSSR count). The summed E-state index contributed by atoms with van der Waals surface area (Å²) in [6.07, 6.45) is 2.36. The molecule has 0 fully saturated rings. The molecule has 0 saturated carbocycles. The summed E-state index contributed by atoms with van der Waals surface area (Å²) in [4.78, 5) is 8.00. The second-order valence-electron chi connectivity index (χ2n) is 7.01. The smallest absolute Gasteiger partial charge is 0.118 e. The Morgan fingerprint density at radius 1 is 1.00 bits per heavy atom. The number of carbonyl (C=O) groups is 1. The summed E-state index contributed by atoms with van der Waals surface area (Å²) in [7, 11) is 1.67. The minimum Gasteiger partial charge on any atom is -0.497 e. The summed E-state index contributed by atoms with van der Waals surface area (Å²) in [5, 5.41) is 9.42. The highest BCUT2D eigenvalue weighted by Crippen LogP contribution is 2.26. The predicted octanol–water partition coefficient (Wildman–Crippen LogP) is 3.75. The normalized spacial score (nSPS) is 14.3. The highest BCUT2D eigenvalue weighted by atomic mass is 16.5. The van der Waals surface area contributed by atoms with Gasteiger partial charge in [-0.3, -0.25) is 0 Å². The van der Waals surface area contributed by atoms with Crippen LogP contribution in [0.4, 0.5) is 5.69 Å². The van der Waals surface area contributed by atoms with E-state index in [1.165, 1.54) is 16.7 Å². The van der Waals surface area contributed by atoms with Crippen LogP contribution in [0.3, 0.4) is 0 Å². The SMILES string of the molecule is C=O.COc1ccc(-c2ccc(CN)cc2)cc1.Nc1cccc2c1CC(O)CC2. The lowest BCUT2D eigenvalue weighted by Crippen LogP contribution is -2.19. The average Bonchev–Trinajstić information content (AvgIpc) is 2.81. The van der Waals surface area contributed by atoms with E-state index in [4.69, 9.17) is 21.0 Å². The first kappa shape index (κ1) is 23.1. The molecule has 0 heterocycles. The van der Waals surface area contributed by atoms with Gasteiger partial charge in [-0.05, 0) is 58.9 Å². The predicted molar refractivity (Wildman–Crippen MR) is 122 cm³/mol. The van der Waals surface area contributed by atoms with Crippen molar-refractivity contribution >= 4 is 12.5 Å². The van der Waals surface area contributed by atoms with Gasteiger partial charge >= 0.3 is 0 Å². The number of carbonyl (C=O) groups excluding carboxylic acids is 1. The molecule has 5 nitrogen and oxygen atoms in total. The number of hydrogen-bond acceptors (Lipinski definition) is 5. The van der Waals surface area contributed by atoms with Crippen LogP contribution in [-0.2, 0) is 24.2 Å². The minimum atomic E-state index is -0.192. The summed E-state index contributed by atoms with van der Waals surface area (Å²) in [6, 6.07) is 22.3. The monoisotopic (exact) mass is 406 g/mol. The van der Waals surface area contributed by atoms with E-state index in [1.807, 2.05) is 31.1 Å². The van der Waals surface area contributed by atoms with Crippen LogP contribution < -0.4 is 16.2 Å². The first-order chi connectivity index (χ1) is 14.6. The summed E-state index contributed by atoms with van der Waals surface area (Å²) in [5.41, 5.74) is 18.2. The van der Waals surface area contributed by atoms with Crippen LogP contribution in [0.15, 0.2) is 66.7 Å². The van der Waals surface area contributed by atoms with Crippen LogP contribution in [-0.4, -0.2) is 25.1 Å². The Labute approximate surface area is 178 Å². The number of nitrogens with two attached hydrogens (primary N) is 2. The molecule has 3 aromatic carbocycles. The molecule has 5 heteroatoms. The lowest BCUT2D eigenvalue weighted by Gasteiger charge is -2.21. The molecular formula is C25H30N2O3. The molecule has 1 unspecified atom stereocenters. The van der Waals surface area contributed by atoms with Gasteiger partial charge in [0, 0.05) is 18.7 Å². The average molecular weight is 407 g/mol. The number of methoxy groups -OCH3 is 1. The van der Waals surface area contributed by atoms with E-state index in [-0.39, 0.29) is 6.10 Å². The molecule has 0 aromatic heterocycles. The molecule has 0 amide bonds. The molecule has 1 atom stereocenters. The summed E-state index contributed by atoms with van der Waals surface area (Å²) >= 11 is 0. The molecule has 3 aromatic rings. The fourth-order valence-electron chi connectivity index (χ4n) is 3.41. The summed E-state index contributed by atoms with van der Waals surface area (Å²) in [5.74, 6) is 0.877. The van der Waals surface area contributed by atoms with E-state index < -0.39 is 0 Å². The number of aliphatic hydroxyl groups is 1. The van der Waals surface area contributed by atoms with Gasteiger partial charge in [0.1, 0.15) is 12.5 Å². The van der Waals surface area contributed by atoms with Crippen LogP contribution in [0, 0.1) is 0 Å². The Bertz CT molecular complexity index is 863. The number of rotatable bonds is 3. The van der Waals surface area contributed by atoms with Gasteiger partial charge in [0.2, 0.25) is 0 Å². The van der Waals surface area contributed by atoms with Crippen molar-refractivity contribution in [2.24, 2.45) is 5.73 Å². The van der Waals surface area contributed by atoms with Crippen molar-refractivity contribution in [1.29, 1.82) is 0 Å². The number of nitrogen functional groups attached to an aromatic ring is 1. The standard InChI is InChI=1S/C14H15NO.C10H13NO.CH2O/c1-16-14-8-6-13(7-9-14)12-4-2-11(10-15)3-5-12;11-10-3-1-2-7-4-5-8(12)6-9(7)10;1-2/h2-9H,10,15H2,1H3;1-3,8,12H,4-6,11H2;1H2. The van der Waals surface area contributed by atoms with E-state index in [0.29, 0.717) is 6.54 Å². The second-order valence-corrected chi connectivity index (χ2v) is 7.01. The number of fused-ring (bicyclic) bond motifs is 1. The van der Waals surface area contributed by atoms with Gasteiger partial charge in [0.15, 0.2) is 0 Å². The minimum absolute atomic E-state index is 0.192. The van der Waals surface area contributed by atoms with E-state index in [9.17, 15) is 5.11 Å². The van der Waals surface area contributed by atoms with E-state index in [1.54, 1.807) is 7.11 Å². The van der Waals surface area contributed by atoms with Crippen molar-refractivity contribution in [2.45, 2.75) is 31.9 Å². The van der Waals surface area contributed by atoms with Gasteiger partial charge in [0.05, 0.1) is 13.2 Å². The van der Waals surface area contributed by atoms with Crippen LogP contribution in [0.2, 0.25) is 0 Å². The van der Waals surface area contributed by atoms with Crippen molar-refractivity contribution in [3.8, 4) is 16.9 Å². The van der Waals surface area contributed by atoms with Crippen molar-refractivity contribution in [3.63, 3.8) is 0 Å². The summed E-state index contributed by atoms with van der Waals surface area (Å²) in [6.45, 7) is 2.59. The fraction of sp³-hybridized carbons (Fsp3) is 0.240. The largest absolute Gasteiger partial charge is 0.497 e. The number of benzene rings is 3. The van der Waals surface area contributed by atoms with E-state index >= 15 is 0 Å². The van der Waals surface area contributed by atoms with Gasteiger partial charge < -0.3 is 26.1 Å². The number of anilines is 1. The van der Waals surface area contributed by atoms with Gasteiger partial charge in [-0.1, -0.05) is 48.5 Å². The Kier molecular flexibility index (Phi) is 9.06. The van der Waals surface area contributed by atoms with E-state index in [0.717, 1.165) is 41.8 Å². The third kappa shape index (κ3) is 6.17. The lowest BCUT2D eigenvalue weighted by atomic mass is 9.89. The number of hydrogen-bond donors (Lipinski definition) is 3. The quantitative estimate of drug-likeness (QED) is 0.575. The second kappa shape index (κ2) is 11.8. The molecule has 1 aliphatic carbocycles. The summed E-state index contributed by atoms with van der Waals surface area (Å²) < 4.78 is 5.13. The highest BCUT2D eigenvalue weighted by Gasteiger charge is 2.17. The van der Waals surface area contributed by atoms with Gasteiger partial charge in [-0.2, -0.15) is 0 Å². The maximum atomic E-state index is 9.42. The third-order valence-electron chi connectivity index (χ3n) is 5.11. The zero-order chi connectivity index (χ0) is 21.9. The molecule has 158 valence electrons. The molecule has 1 aliphatic rings. The van der Waals surface area contributed by atoms with Gasteiger partial charge in [-0.25, -0.2) is 0 Å². The Morgan fingerprint density at radius 2 is 1.60 bits per heavy atom. The van der Waals surface area contributed by atoms with Crippen LogP contribution in [0.5, 0.6) is 5.75 Å². The maximum absolute atomic E-state index is 9.42.